The molecule has 0 saturated heterocycles. The van der Waals surface area contributed by atoms with Crippen LogP contribution in [0, 0.1) is 11.6 Å². The summed E-state index contributed by atoms with van der Waals surface area (Å²) < 4.78 is 32.6. The minimum Gasteiger partial charge on any atom is -0.465 e. The third-order valence-electron chi connectivity index (χ3n) is 3.45. The molecule has 0 unspecified atom stereocenters. The van der Waals surface area contributed by atoms with E-state index in [0.29, 0.717) is 21.1 Å². The van der Waals surface area contributed by atoms with Crippen LogP contribution in [0.25, 0.3) is 22.0 Å². The number of benzene rings is 2. The lowest BCUT2D eigenvalue weighted by Gasteiger charge is -2.10. The normalized spacial score (nSPS) is 10.8. The number of carbonyl (C=O) groups is 1. The van der Waals surface area contributed by atoms with E-state index < -0.39 is 17.6 Å². The van der Waals surface area contributed by atoms with Gasteiger partial charge in [-0.1, -0.05) is 6.07 Å². The van der Waals surface area contributed by atoms with Crippen LogP contribution in [0.5, 0.6) is 0 Å². The van der Waals surface area contributed by atoms with Crippen molar-refractivity contribution in [3.05, 3.63) is 64.3 Å². The van der Waals surface area contributed by atoms with Gasteiger partial charge in [-0.3, -0.25) is 4.98 Å². The van der Waals surface area contributed by atoms with E-state index in [2.05, 4.69) is 20.9 Å². The molecule has 3 rings (SSSR count). The van der Waals surface area contributed by atoms with Gasteiger partial charge in [0.1, 0.15) is 11.6 Å². The van der Waals surface area contributed by atoms with Crippen molar-refractivity contribution < 1.29 is 18.3 Å². The van der Waals surface area contributed by atoms with E-state index in [9.17, 15) is 13.6 Å². The van der Waals surface area contributed by atoms with Crippen LogP contribution in [0.4, 0.5) is 8.78 Å². The summed E-state index contributed by atoms with van der Waals surface area (Å²) in [5.41, 5.74) is 0.807. The van der Waals surface area contributed by atoms with Crippen LogP contribution < -0.4 is 0 Å². The fourth-order valence-electron chi connectivity index (χ4n) is 2.35. The van der Waals surface area contributed by atoms with Gasteiger partial charge < -0.3 is 4.74 Å². The highest BCUT2D eigenvalue weighted by atomic mass is 79.9. The Labute approximate surface area is 139 Å². The monoisotopic (exact) mass is 377 g/mol. The van der Waals surface area contributed by atoms with E-state index in [1.807, 2.05) is 0 Å². The predicted molar refractivity (Wildman–Crippen MR) is 86.1 cm³/mol. The Morgan fingerprint density at radius 1 is 1.13 bits per heavy atom. The Balaban J connectivity index is 2.31. The van der Waals surface area contributed by atoms with Gasteiger partial charge in [0.05, 0.1) is 18.4 Å². The number of carbonyl (C=O) groups excluding carboxylic acids is 1. The summed E-state index contributed by atoms with van der Waals surface area (Å²) >= 11 is 3.38. The van der Waals surface area contributed by atoms with Crippen molar-refractivity contribution in [2.24, 2.45) is 0 Å². The smallest absolute Gasteiger partial charge is 0.337 e. The number of halogens is 3. The molecule has 3 aromatic rings. The summed E-state index contributed by atoms with van der Waals surface area (Å²) in [6.45, 7) is 0. The minimum atomic E-state index is -0.718. The first-order valence-electron chi connectivity index (χ1n) is 6.63. The zero-order valence-corrected chi connectivity index (χ0v) is 13.5. The van der Waals surface area contributed by atoms with Crippen LogP contribution in [0.3, 0.4) is 0 Å². The second-order valence-corrected chi connectivity index (χ2v) is 5.69. The van der Waals surface area contributed by atoms with Gasteiger partial charge in [-0.2, -0.15) is 0 Å². The Kier molecular flexibility index (Phi) is 4.09. The zero-order valence-electron chi connectivity index (χ0n) is 11.9. The number of ether oxygens (including phenoxy) is 1. The summed E-state index contributed by atoms with van der Waals surface area (Å²) in [5.74, 6) is -1.88. The van der Waals surface area contributed by atoms with E-state index in [0.717, 1.165) is 17.5 Å². The van der Waals surface area contributed by atoms with Crippen molar-refractivity contribution in [2.75, 3.05) is 7.11 Å². The molecule has 0 spiro atoms. The largest absolute Gasteiger partial charge is 0.465 e. The fourth-order valence-corrected chi connectivity index (χ4v) is 2.80. The van der Waals surface area contributed by atoms with Crippen LogP contribution in [-0.2, 0) is 4.74 Å². The molecular weight excluding hydrogens is 368 g/mol. The van der Waals surface area contributed by atoms with Gasteiger partial charge in [-0.15, -0.1) is 0 Å². The van der Waals surface area contributed by atoms with Crippen molar-refractivity contribution in [3.63, 3.8) is 0 Å². The topological polar surface area (TPSA) is 39.2 Å². The molecule has 0 radical (unpaired) electrons. The third kappa shape index (κ3) is 2.82. The first kappa shape index (κ1) is 15.6. The number of esters is 1. The summed E-state index contributed by atoms with van der Waals surface area (Å²) in [6.07, 6.45) is 1.54. The number of pyridine rings is 1. The zero-order chi connectivity index (χ0) is 16.6. The van der Waals surface area contributed by atoms with Crippen molar-refractivity contribution in [2.45, 2.75) is 0 Å². The minimum absolute atomic E-state index is 0.158. The van der Waals surface area contributed by atoms with E-state index in [1.165, 1.54) is 19.4 Å². The van der Waals surface area contributed by atoms with Crippen molar-refractivity contribution in [1.29, 1.82) is 0 Å². The van der Waals surface area contributed by atoms with Gasteiger partial charge >= 0.3 is 5.97 Å². The fraction of sp³-hybridized carbons (Fsp3) is 0.0588. The average Bonchev–Trinajstić information content (AvgIpc) is 2.55. The molecule has 0 aliphatic rings. The molecule has 0 amide bonds. The van der Waals surface area contributed by atoms with Crippen LogP contribution in [0.1, 0.15) is 10.4 Å². The number of methoxy groups -OCH3 is 1. The molecule has 0 saturated carbocycles. The third-order valence-corrected chi connectivity index (χ3v) is 4.08. The van der Waals surface area contributed by atoms with Gasteiger partial charge in [0.25, 0.3) is 0 Å². The standard InChI is InChI=1S/C17H10BrF2NO2/c1-23-17(22)9-2-4-11-13(6-9)16(21-8-14(11)18)12-5-3-10(19)7-15(12)20/h2-8H,1H3. The second kappa shape index (κ2) is 6.04. The lowest BCUT2D eigenvalue weighted by molar-refractivity contribution is 0.0601. The highest BCUT2D eigenvalue weighted by Gasteiger charge is 2.15. The van der Waals surface area contributed by atoms with Crippen LogP contribution in [-0.4, -0.2) is 18.1 Å². The van der Waals surface area contributed by atoms with Gasteiger partial charge in [0, 0.05) is 27.7 Å². The number of fused-ring (bicyclic) bond motifs is 1. The lowest BCUT2D eigenvalue weighted by Crippen LogP contribution is -2.01. The van der Waals surface area contributed by atoms with E-state index in [1.54, 1.807) is 18.2 Å². The molecule has 6 heteroatoms. The van der Waals surface area contributed by atoms with E-state index in [-0.39, 0.29) is 5.56 Å². The van der Waals surface area contributed by atoms with Crippen LogP contribution in [0.2, 0.25) is 0 Å². The SMILES string of the molecule is COC(=O)c1ccc2c(Br)cnc(-c3ccc(F)cc3F)c2c1. The molecule has 23 heavy (non-hydrogen) atoms. The maximum atomic E-state index is 14.1. The molecule has 0 aliphatic carbocycles. The van der Waals surface area contributed by atoms with Gasteiger partial charge in [0.2, 0.25) is 0 Å². The Hall–Kier alpha value is -2.34. The van der Waals surface area contributed by atoms with Gasteiger partial charge in [-0.05, 0) is 45.6 Å². The van der Waals surface area contributed by atoms with E-state index >= 15 is 0 Å². The maximum Gasteiger partial charge on any atom is 0.337 e. The van der Waals surface area contributed by atoms with Gasteiger partial charge in [-0.25, -0.2) is 13.6 Å². The Morgan fingerprint density at radius 2 is 1.91 bits per heavy atom. The molecule has 0 atom stereocenters. The number of hydrogen-bond donors (Lipinski definition) is 0. The Morgan fingerprint density at radius 3 is 2.61 bits per heavy atom. The summed E-state index contributed by atoms with van der Waals surface area (Å²) in [6, 6.07) is 8.21. The van der Waals surface area contributed by atoms with Crippen LogP contribution in [0.15, 0.2) is 47.1 Å². The molecule has 0 fully saturated rings. The van der Waals surface area contributed by atoms with Crippen molar-refractivity contribution in [3.8, 4) is 11.3 Å². The number of nitrogens with zero attached hydrogens (tertiary/aromatic N) is 1. The maximum absolute atomic E-state index is 14.1. The molecule has 2 aromatic carbocycles. The number of rotatable bonds is 2. The number of hydrogen-bond acceptors (Lipinski definition) is 3. The first-order valence-corrected chi connectivity index (χ1v) is 7.42. The van der Waals surface area contributed by atoms with E-state index in [4.69, 9.17) is 4.74 Å². The second-order valence-electron chi connectivity index (χ2n) is 4.83. The molecule has 0 aliphatic heterocycles. The summed E-state index contributed by atoms with van der Waals surface area (Å²) in [5, 5.41) is 1.32. The average molecular weight is 378 g/mol. The molecule has 3 nitrogen and oxygen atoms in total. The van der Waals surface area contributed by atoms with Crippen molar-refractivity contribution >= 4 is 32.7 Å². The molecule has 1 aromatic heterocycles. The Bertz CT molecular complexity index is 928. The predicted octanol–water partition coefficient (Wildman–Crippen LogP) is 4.73. The molecule has 1 heterocycles. The highest BCUT2D eigenvalue weighted by molar-refractivity contribution is 9.10. The molecule has 0 N–H and O–H groups in total. The molecule has 0 bridgehead atoms. The number of aromatic nitrogens is 1. The van der Waals surface area contributed by atoms with Crippen LogP contribution >= 0.6 is 15.9 Å². The quantitative estimate of drug-likeness (QED) is 0.606. The first-order chi connectivity index (χ1) is 11.0. The van der Waals surface area contributed by atoms with Gasteiger partial charge in [0.15, 0.2) is 0 Å². The lowest BCUT2D eigenvalue weighted by atomic mass is 10.0. The highest BCUT2D eigenvalue weighted by Crippen LogP contribution is 2.33. The molecular formula is C17H10BrF2NO2. The summed E-state index contributed by atoms with van der Waals surface area (Å²) in [7, 11) is 1.28. The molecule has 116 valence electrons. The van der Waals surface area contributed by atoms with Crippen molar-refractivity contribution in [1.82, 2.24) is 4.98 Å². The summed E-state index contributed by atoms with van der Waals surface area (Å²) in [4.78, 5) is 16.0.